The van der Waals surface area contributed by atoms with Gasteiger partial charge in [0.2, 0.25) is 5.91 Å². The van der Waals surface area contributed by atoms with Gasteiger partial charge in [-0.3, -0.25) is 9.89 Å². The maximum absolute atomic E-state index is 12.6. The molecule has 2 aliphatic rings. The molecule has 3 heterocycles. The Labute approximate surface area is 217 Å². The number of hydrogen-bond donors (Lipinski definition) is 1. The van der Waals surface area contributed by atoms with Gasteiger partial charge in [0.15, 0.2) is 0 Å². The second kappa shape index (κ2) is 8.59. The highest BCUT2D eigenvalue weighted by molar-refractivity contribution is 9.10. The van der Waals surface area contributed by atoms with Crippen LogP contribution in [0.4, 0.5) is 0 Å². The summed E-state index contributed by atoms with van der Waals surface area (Å²) in [6.45, 7) is 2.58. The van der Waals surface area contributed by atoms with Gasteiger partial charge in [-0.2, -0.15) is 5.10 Å². The number of aromatic nitrogens is 4. The number of halogens is 1. The lowest BCUT2D eigenvalue weighted by molar-refractivity contribution is -0.131. The van der Waals surface area contributed by atoms with Crippen molar-refractivity contribution in [2.24, 2.45) is 11.8 Å². The smallest absolute Gasteiger partial charge is 0.225 e. The molecule has 2 aromatic heterocycles. The molecule has 0 unspecified atom stereocenters. The molecule has 1 saturated carbocycles. The number of H-pyrrole nitrogens is 1. The lowest BCUT2D eigenvalue weighted by atomic mass is 10.0. The molecule has 3 aromatic carbocycles. The Morgan fingerprint density at radius 2 is 1.81 bits per heavy atom. The van der Waals surface area contributed by atoms with Crippen LogP contribution in [0.3, 0.4) is 0 Å². The molecule has 36 heavy (non-hydrogen) atoms. The Balaban J connectivity index is 1.22. The van der Waals surface area contributed by atoms with Crippen LogP contribution in [0.25, 0.3) is 44.5 Å². The predicted octanol–water partition coefficient (Wildman–Crippen LogP) is 6.27. The minimum atomic E-state index is 0.289. The SMILES string of the molecule is O=C(C1CC1)N1CC[C@H](Cn2c(-c3ccc(-c4ccc5[nH]ncc5c4)cc3)nc3c(Br)cccc32)C1. The highest BCUT2D eigenvalue weighted by Crippen LogP contribution is 2.35. The molecule has 1 saturated heterocycles. The first-order chi connectivity index (χ1) is 17.6. The fourth-order valence-electron chi connectivity index (χ4n) is 5.48. The minimum Gasteiger partial charge on any atom is -0.342 e. The molecule has 0 spiro atoms. The van der Waals surface area contributed by atoms with Crippen LogP contribution in [0.5, 0.6) is 0 Å². The van der Waals surface area contributed by atoms with E-state index in [9.17, 15) is 4.79 Å². The van der Waals surface area contributed by atoms with E-state index in [1.165, 1.54) is 0 Å². The summed E-state index contributed by atoms with van der Waals surface area (Å²) in [6.07, 6.45) is 5.03. The van der Waals surface area contributed by atoms with E-state index < -0.39 is 0 Å². The van der Waals surface area contributed by atoms with Crippen LogP contribution < -0.4 is 0 Å². The number of amides is 1. The van der Waals surface area contributed by atoms with E-state index in [-0.39, 0.29) is 5.92 Å². The summed E-state index contributed by atoms with van der Waals surface area (Å²) >= 11 is 3.70. The van der Waals surface area contributed by atoms with Crippen molar-refractivity contribution in [2.75, 3.05) is 13.1 Å². The van der Waals surface area contributed by atoms with E-state index in [1.54, 1.807) is 0 Å². The molecule has 0 radical (unpaired) electrons. The third-order valence-electron chi connectivity index (χ3n) is 7.61. The van der Waals surface area contributed by atoms with E-state index in [4.69, 9.17) is 4.98 Å². The largest absolute Gasteiger partial charge is 0.342 e. The first-order valence-corrected chi connectivity index (χ1v) is 13.4. The fraction of sp³-hybridized carbons (Fsp3) is 0.276. The molecule has 1 atom stereocenters. The summed E-state index contributed by atoms with van der Waals surface area (Å²) in [5, 5.41) is 8.25. The first-order valence-electron chi connectivity index (χ1n) is 12.6. The quantitative estimate of drug-likeness (QED) is 0.286. The average Bonchev–Trinajstić information content (AvgIpc) is 3.30. The number of nitrogens with zero attached hydrogens (tertiary/aromatic N) is 4. The monoisotopic (exact) mass is 539 g/mol. The predicted molar refractivity (Wildman–Crippen MR) is 145 cm³/mol. The summed E-state index contributed by atoms with van der Waals surface area (Å²) in [4.78, 5) is 19.8. The van der Waals surface area contributed by atoms with E-state index in [0.29, 0.717) is 11.8 Å². The van der Waals surface area contributed by atoms with Crippen LogP contribution in [0, 0.1) is 11.8 Å². The van der Waals surface area contributed by atoms with Crippen LogP contribution in [-0.4, -0.2) is 43.6 Å². The lowest BCUT2D eigenvalue weighted by Crippen LogP contribution is -2.30. The number of benzene rings is 3. The summed E-state index contributed by atoms with van der Waals surface area (Å²) in [6, 6.07) is 21.3. The third-order valence-corrected chi connectivity index (χ3v) is 8.25. The van der Waals surface area contributed by atoms with Crippen molar-refractivity contribution in [3.8, 4) is 22.5 Å². The summed E-state index contributed by atoms with van der Waals surface area (Å²) in [5.74, 6) is 2.06. The van der Waals surface area contributed by atoms with Gasteiger partial charge < -0.3 is 9.47 Å². The lowest BCUT2D eigenvalue weighted by Gasteiger charge is -2.18. The Hall–Kier alpha value is -3.45. The Kier molecular flexibility index (Phi) is 5.20. The second-order valence-corrected chi connectivity index (χ2v) is 11.0. The zero-order valence-electron chi connectivity index (χ0n) is 19.8. The molecule has 6 nitrogen and oxygen atoms in total. The average molecular weight is 540 g/mol. The number of likely N-dealkylation sites (tertiary alicyclic amines) is 1. The molecule has 2 fully saturated rings. The van der Waals surface area contributed by atoms with Gasteiger partial charge in [0, 0.05) is 41.0 Å². The van der Waals surface area contributed by atoms with Crippen LogP contribution in [0.1, 0.15) is 19.3 Å². The number of nitrogens with one attached hydrogen (secondary N) is 1. The molecule has 0 bridgehead atoms. The van der Waals surface area contributed by atoms with Crippen molar-refractivity contribution in [1.29, 1.82) is 0 Å². The Morgan fingerprint density at radius 3 is 2.64 bits per heavy atom. The molecule has 180 valence electrons. The van der Waals surface area contributed by atoms with Gasteiger partial charge in [-0.25, -0.2) is 4.98 Å². The van der Waals surface area contributed by atoms with E-state index >= 15 is 0 Å². The number of fused-ring (bicyclic) bond motifs is 2. The Bertz CT molecular complexity index is 1600. The second-order valence-electron chi connectivity index (χ2n) is 10.1. The number of rotatable bonds is 5. The molecule has 1 amide bonds. The van der Waals surface area contributed by atoms with Crippen LogP contribution in [-0.2, 0) is 11.3 Å². The third kappa shape index (κ3) is 3.82. The summed E-state index contributed by atoms with van der Waals surface area (Å²) in [5.41, 5.74) is 6.56. The normalized spacial score (nSPS) is 17.9. The van der Waals surface area contributed by atoms with Gasteiger partial charge in [-0.15, -0.1) is 0 Å². The first kappa shape index (κ1) is 21.8. The minimum absolute atomic E-state index is 0.289. The molecular weight excluding hydrogens is 514 g/mol. The summed E-state index contributed by atoms with van der Waals surface area (Å²) < 4.78 is 3.35. The van der Waals surface area contributed by atoms with E-state index in [0.717, 1.165) is 87.8 Å². The highest BCUT2D eigenvalue weighted by Gasteiger charge is 2.36. The van der Waals surface area contributed by atoms with Gasteiger partial charge in [0.05, 0.1) is 17.2 Å². The fourth-order valence-corrected chi connectivity index (χ4v) is 5.92. The molecule has 5 aromatic rings. The van der Waals surface area contributed by atoms with Crippen molar-refractivity contribution in [3.05, 3.63) is 71.3 Å². The van der Waals surface area contributed by atoms with Crippen molar-refractivity contribution in [2.45, 2.75) is 25.8 Å². The number of aromatic amines is 1. The number of para-hydroxylation sites is 1. The van der Waals surface area contributed by atoms with Crippen molar-refractivity contribution in [3.63, 3.8) is 0 Å². The van der Waals surface area contributed by atoms with E-state index in [2.05, 4.69) is 90.2 Å². The van der Waals surface area contributed by atoms with Crippen molar-refractivity contribution < 1.29 is 4.79 Å². The molecule has 1 N–H and O–H groups in total. The highest BCUT2D eigenvalue weighted by atomic mass is 79.9. The zero-order chi connectivity index (χ0) is 24.2. The van der Waals surface area contributed by atoms with Gasteiger partial charge in [0.1, 0.15) is 11.3 Å². The van der Waals surface area contributed by atoms with E-state index in [1.807, 2.05) is 12.3 Å². The Morgan fingerprint density at radius 1 is 1.00 bits per heavy atom. The standard InChI is InChI=1S/C29H26BrN5O/c30-24-2-1-3-26-27(24)32-28(35(26)17-18-12-13-34(16-18)29(36)21-8-9-21)20-6-4-19(5-7-20)22-10-11-25-23(14-22)15-31-33-25/h1-7,10-11,14-15,18,21H,8-9,12-13,16-17H2,(H,31,33)/t18-/m0/s1. The molecule has 7 heteroatoms. The molecular formula is C29H26BrN5O. The zero-order valence-corrected chi connectivity index (χ0v) is 21.4. The topological polar surface area (TPSA) is 66.8 Å². The number of hydrogen-bond acceptors (Lipinski definition) is 3. The van der Waals surface area contributed by atoms with Crippen molar-refractivity contribution >= 4 is 43.8 Å². The van der Waals surface area contributed by atoms with Gasteiger partial charge in [-0.05, 0) is 76.5 Å². The van der Waals surface area contributed by atoms with Gasteiger partial charge >= 0.3 is 0 Å². The maximum atomic E-state index is 12.6. The molecule has 1 aliphatic carbocycles. The van der Waals surface area contributed by atoms with Crippen LogP contribution >= 0.6 is 15.9 Å². The van der Waals surface area contributed by atoms with Gasteiger partial charge in [-0.1, -0.05) is 36.4 Å². The van der Waals surface area contributed by atoms with Crippen LogP contribution in [0.15, 0.2) is 71.3 Å². The number of carbonyl (C=O) groups excluding carboxylic acids is 1. The van der Waals surface area contributed by atoms with Crippen molar-refractivity contribution in [1.82, 2.24) is 24.6 Å². The summed E-state index contributed by atoms with van der Waals surface area (Å²) in [7, 11) is 0. The van der Waals surface area contributed by atoms with Crippen LogP contribution in [0.2, 0.25) is 0 Å². The van der Waals surface area contributed by atoms with Gasteiger partial charge in [0.25, 0.3) is 0 Å². The number of carbonyl (C=O) groups is 1. The molecule has 1 aliphatic heterocycles. The maximum Gasteiger partial charge on any atom is 0.225 e. The molecule has 7 rings (SSSR count). The number of imidazole rings is 1.